The SMILES string of the molecule is Cc1c(O)c(C)c2c(c1O)C(=O)C[C@@H](c1ccccc1O)O2. The number of fused-ring (bicyclic) bond motifs is 1. The van der Waals surface area contributed by atoms with Crippen LogP contribution in [0.5, 0.6) is 23.0 Å². The fourth-order valence-electron chi connectivity index (χ4n) is 2.78. The van der Waals surface area contributed by atoms with Crippen LogP contribution in [-0.2, 0) is 0 Å². The van der Waals surface area contributed by atoms with Gasteiger partial charge in [0.2, 0.25) is 0 Å². The molecule has 22 heavy (non-hydrogen) atoms. The van der Waals surface area contributed by atoms with Crippen molar-refractivity contribution in [1.82, 2.24) is 0 Å². The molecule has 5 heteroatoms. The molecule has 3 rings (SSSR count). The maximum Gasteiger partial charge on any atom is 0.174 e. The molecule has 0 amide bonds. The molecule has 0 aliphatic carbocycles. The van der Waals surface area contributed by atoms with E-state index in [1.807, 2.05) is 0 Å². The first-order chi connectivity index (χ1) is 10.4. The van der Waals surface area contributed by atoms with Gasteiger partial charge in [0.1, 0.15) is 34.7 Å². The fraction of sp³-hybridized carbons (Fsp3) is 0.235. The van der Waals surface area contributed by atoms with Gasteiger partial charge in [-0.05, 0) is 19.9 Å². The minimum absolute atomic E-state index is 0.0157. The molecule has 0 saturated heterocycles. The molecule has 5 nitrogen and oxygen atoms in total. The third kappa shape index (κ3) is 1.97. The largest absolute Gasteiger partial charge is 0.508 e. The lowest BCUT2D eigenvalue weighted by atomic mass is 9.91. The number of rotatable bonds is 1. The summed E-state index contributed by atoms with van der Waals surface area (Å²) < 4.78 is 5.82. The second-order valence-electron chi connectivity index (χ2n) is 5.44. The average Bonchev–Trinajstić information content (AvgIpc) is 2.50. The normalized spacial score (nSPS) is 17.0. The van der Waals surface area contributed by atoms with E-state index in [9.17, 15) is 20.1 Å². The quantitative estimate of drug-likeness (QED) is 0.753. The Hall–Kier alpha value is -2.69. The van der Waals surface area contributed by atoms with Gasteiger partial charge in [-0.2, -0.15) is 0 Å². The predicted molar refractivity (Wildman–Crippen MR) is 79.7 cm³/mol. The second kappa shape index (κ2) is 4.94. The molecule has 1 aliphatic rings. The van der Waals surface area contributed by atoms with Gasteiger partial charge in [-0.15, -0.1) is 0 Å². The Kier molecular flexibility index (Phi) is 3.20. The van der Waals surface area contributed by atoms with Crippen LogP contribution >= 0.6 is 0 Å². The molecular formula is C17H16O5. The van der Waals surface area contributed by atoms with Crippen LogP contribution in [0.25, 0.3) is 0 Å². The third-order valence-electron chi connectivity index (χ3n) is 4.06. The Bertz CT molecular complexity index is 779. The van der Waals surface area contributed by atoms with Crippen molar-refractivity contribution in [3.05, 3.63) is 46.5 Å². The van der Waals surface area contributed by atoms with E-state index in [0.717, 1.165) is 0 Å². The first-order valence-corrected chi connectivity index (χ1v) is 6.94. The van der Waals surface area contributed by atoms with E-state index in [2.05, 4.69) is 0 Å². The van der Waals surface area contributed by atoms with Gasteiger partial charge in [0.05, 0.1) is 6.42 Å². The molecule has 1 aliphatic heterocycles. The van der Waals surface area contributed by atoms with Gasteiger partial charge in [0.15, 0.2) is 5.78 Å². The minimum Gasteiger partial charge on any atom is -0.508 e. The van der Waals surface area contributed by atoms with E-state index in [1.165, 1.54) is 6.07 Å². The fourth-order valence-corrected chi connectivity index (χ4v) is 2.78. The lowest BCUT2D eigenvalue weighted by molar-refractivity contribution is 0.0839. The third-order valence-corrected chi connectivity index (χ3v) is 4.06. The summed E-state index contributed by atoms with van der Waals surface area (Å²) in [5.41, 5.74) is 1.26. The number of ketones is 1. The highest BCUT2D eigenvalue weighted by atomic mass is 16.5. The van der Waals surface area contributed by atoms with E-state index in [1.54, 1.807) is 32.0 Å². The number of benzene rings is 2. The van der Waals surface area contributed by atoms with Gasteiger partial charge in [-0.3, -0.25) is 4.79 Å². The number of hydrogen-bond acceptors (Lipinski definition) is 5. The lowest BCUT2D eigenvalue weighted by Crippen LogP contribution is -2.21. The van der Waals surface area contributed by atoms with E-state index in [-0.39, 0.29) is 46.3 Å². The van der Waals surface area contributed by atoms with E-state index < -0.39 is 6.10 Å². The molecule has 0 fully saturated rings. The summed E-state index contributed by atoms with van der Waals surface area (Å²) >= 11 is 0. The maximum absolute atomic E-state index is 12.4. The van der Waals surface area contributed by atoms with Crippen LogP contribution in [0.2, 0.25) is 0 Å². The molecule has 0 saturated carbocycles. The molecule has 3 N–H and O–H groups in total. The highest BCUT2D eigenvalue weighted by Gasteiger charge is 2.34. The first kappa shape index (κ1) is 14.3. The van der Waals surface area contributed by atoms with Gasteiger partial charge in [0, 0.05) is 16.7 Å². The lowest BCUT2D eigenvalue weighted by Gasteiger charge is -2.28. The van der Waals surface area contributed by atoms with Crippen molar-refractivity contribution < 1.29 is 24.9 Å². The number of para-hydroxylation sites is 1. The Morgan fingerprint density at radius 1 is 1.05 bits per heavy atom. The molecule has 2 aromatic carbocycles. The molecule has 1 atom stereocenters. The number of phenols is 3. The van der Waals surface area contributed by atoms with Gasteiger partial charge < -0.3 is 20.1 Å². The Labute approximate surface area is 127 Å². The summed E-state index contributed by atoms with van der Waals surface area (Å²) in [5, 5.41) is 30.1. The predicted octanol–water partition coefficient (Wildman–Crippen LogP) is 3.13. The topological polar surface area (TPSA) is 87.0 Å². The van der Waals surface area contributed by atoms with Crippen molar-refractivity contribution in [2.75, 3.05) is 0 Å². The van der Waals surface area contributed by atoms with E-state index in [4.69, 9.17) is 4.74 Å². The molecule has 0 radical (unpaired) electrons. The van der Waals surface area contributed by atoms with Crippen molar-refractivity contribution >= 4 is 5.78 Å². The average molecular weight is 300 g/mol. The van der Waals surface area contributed by atoms with Crippen molar-refractivity contribution in [1.29, 1.82) is 0 Å². The zero-order valence-electron chi connectivity index (χ0n) is 12.3. The summed E-state index contributed by atoms with van der Waals surface area (Å²) in [4.78, 5) is 12.4. The van der Waals surface area contributed by atoms with Crippen LogP contribution in [0.3, 0.4) is 0 Å². The number of hydrogen-bond donors (Lipinski definition) is 3. The highest BCUT2D eigenvalue weighted by molar-refractivity contribution is 6.03. The van der Waals surface area contributed by atoms with Crippen LogP contribution in [0.4, 0.5) is 0 Å². The standard InChI is InChI=1S/C17H16O5/c1-8-15(20)9(2)17-14(16(8)21)12(19)7-13(22-17)10-5-3-4-6-11(10)18/h3-6,13,18,20-21H,7H2,1-2H3/t13-/m0/s1. The van der Waals surface area contributed by atoms with Crippen LogP contribution in [-0.4, -0.2) is 21.1 Å². The number of Topliss-reactive ketones (excluding diaryl/α,β-unsaturated/α-hetero) is 1. The summed E-state index contributed by atoms with van der Waals surface area (Å²) in [5.74, 6) is -0.411. The summed E-state index contributed by atoms with van der Waals surface area (Å²) in [7, 11) is 0. The van der Waals surface area contributed by atoms with Crippen molar-refractivity contribution in [2.24, 2.45) is 0 Å². The number of carbonyl (C=O) groups is 1. The monoisotopic (exact) mass is 300 g/mol. The molecule has 2 aromatic rings. The van der Waals surface area contributed by atoms with E-state index >= 15 is 0 Å². The number of phenolic OH excluding ortho intramolecular Hbond substituents is 3. The van der Waals surface area contributed by atoms with E-state index in [0.29, 0.717) is 11.1 Å². The summed E-state index contributed by atoms with van der Waals surface area (Å²) in [6.45, 7) is 3.17. The number of carbonyl (C=O) groups excluding carboxylic acids is 1. The minimum atomic E-state index is -0.651. The van der Waals surface area contributed by atoms with Crippen LogP contribution < -0.4 is 4.74 Å². The summed E-state index contributed by atoms with van der Waals surface area (Å²) in [6, 6.07) is 6.64. The van der Waals surface area contributed by atoms with Gasteiger partial charge in [-0.1, -0.05) is 18.2 Å². The summed E-state index contributed by atoms with van der Waals surface area (Å²) in [6.07, 6.45) is -0.636. The van der Waals surface area contributed by atoms with Gasteiger partial charge in [-0.25, -0.2) is 0 Å². The molecule has 0 unspecified atom stereocenters. The smallest absolute Gasteiger partial charge is 0.174 e. The Morgan fingerprint density at radius 2 is 1.73 bits per heavy atom. The zero-order valence-corrected chi connectivity index (χ0v) is 12.3. The molecular weight excluding hydrogens is 284 g/mol. The number of ether oxygens (including phenoxy) is 1. The van der Waals surface area contributed by atoms with Crippen LogP contribution in [0.1, 0.15) is 39.6 Å². The Balaban J connectivity index is 2.14. The molecule has 1 heterocycles. The Morgan fingerprint density at radius 3 is 2.41 bits per heavy atom. The van der Waals surface area contributed by atoms with Crippen LogP contribution in [0.15, 0.2) is 24.3 Å². The second-order valence-corrected chi connectivity index (χ2v) is 5.44. The van der Waals surface area contributed by atoms with Crippen molar-refractivity contribution in [3.63, 3.8) is 0 Å². The van der Waals surface area contributed by atoms with Gasteiger partial charge >= 0.3 is 0 Å². The van der Waals surface area contributed by atoms with Gasteiger partial charge in [0.25, 0.3) is 0 Å². The van der Waals surface area contributed by atoms with Crippen LogP contribution in [0, 0.1) is 13.8 Å². The van der Waals surface area contributed by atoms with Crippen molar-refractivity contribution in [2.45, 2.75) is 26.4 Å². The molecule has 0 aromatic heterocycles. The highest BCUT2D eigenvalue weighted by Crippen LogP contribution is 2.47. The molecule has 0 spiro atoms. The maximum atomic E-state index is 12.4. The molecule has 114 valence electrons. The molecule has 0 bridgehead atoms. The zero-order chi connectivity index (χ0) is 16.0. The number of aromatic hydroxyl groups is 3. The first-order valence-electron chi connectivity index (χ1n) is 6.94. The van der Waals surface area contributed by atoms with Crippen molar-refractivity contribution in [3.8, 4) is 23.0 Å².